The molecule has 0 bridgehead atoms. The Morgan fingerprint density at radius 2 is 1.74 bits per heavy atom. The molecule has 23 heavy (non-hydrogen) atoms. The van der Waals surface area contributed by atoms with E-state index >= 15 is 0 Å². The molecule has 1 aromatic heterocycles. The number of nitrogens with one attached hydrogen (secondary N) is 1. The van der Waals surface area contributed by atoms with Gasteiger partial charge in [-0.3, -0.25) is 4.79 Å². The van der Waals surface area contributed by atoms with Crippen LogP contribution in [0.25, 0.3) is 0 Å². The Morgan fingerprint density at radius 3 is 2.48 bits per heavy atom. The second kappa shape index (κ2) is 6.83. The van der Waals surface area contributed by atoms with Crippen LogP contribution in [0, 0.1) is 5.82 Å². The van der Waals surface area contributed by atoms with E-state index in [4.69, 9.17) is 4.42 Å². The monoisotopic (exact) mass is 311 g/mol. The van der Waals surface area contributed by atoms with Gasteiger partial charge in [0.15, 0.2) is 0 Å². The highest BCUT2D eigenvalue weighted by Crippen LogP contribution is 2.10. The Bertz CT molecular complexity index is 785. The highest BCUT2D eigenvalue weighted by atomic mass is 19.1. The summed E-state index contributed by atoms with van der Waals surface area (Å²) in [5, 5.41) is 10.3. The Kier molecular flexibility index (Phi) is 4.42. The predicted octanol–water partition coefficient (Wildman–Crippen LogP) is 2.73. The number of benzene rings is 2. The molecule has 0 unspecified atom stereocenters. The van der Waals surface area contributed by atoms with Gasteiger partial charge in [0.1, 0.15) is 5.82 Å². The van der Waals surface area contributed by atoms with Gasteiger partial charge in [0.25, 0.3) is 0 Å². The van der Waals surface area contributed by atoms with Crippen molar-refractivity contribution in [2.45, 2.75) is 13.0 Å². The van der Waals surface area contributed by atoms with E-state index in [0.717, 1.165) is 11.1 Å². The molecule has 6 heteroatoms. The zero-order valence-electron chi connectivity index (χ0n) is 12.2. The van der Waals surface area contributed by atoms with E-state index in [0.29, 0.717) is 18.9 Å². The second-order valence-corrected chi connectivity index (χ2v) is 4.97. The minimum atomic E-state index is -0.424. The first-order valence-electron chi connectivity index (χ1n) is 7.09. The highest BCUT2D eigenvalue weighted by molar-refractivity contribution is 5.89. The number of nitrogens with zero attached hydrogens (tertiary/aromatic N) is 2. The summed E-state index contributed by atoms with van der Waals surface area (Å²) >= 11 is 0. The lowest BCUT2D eigenvalue weighted by Gasteiger charge is -2.01. The van der Waals surface area contributed by atoms with Crippen LogP contribution in [0.4, 0.5) is 4.39 Å². The van der Waals surface area contributed by atoms with Crippen molar-refractivity contribution in [2.75, 3.05) is 0 Å². The zero-order valence-corrected chi connectivity index (χ0v) is 12.2. The Balaban J connectivity index is 1.59. The van der Waals surface area contributed by atoms with Crippen molar-refractivity contribution < 1.29 is 13.6 Å². The zero-order chi connectivity index (χ0) is 16.1. The summed E-state index contributed by atoms with van der Waals surface area (Å²) in [4.78, 5) is 12.0. The van der Waals surface area contributed by atoms with Crippen LogP contribution < -0.4 is 5.32 Å². The Hall–Kier alpha value is -3.02. The van der Waals surface area contributed by atoms with E-state index in [1.807, 2.05) is 30.3 Å². The van der Waals surface area contributed by atoms with Crippen LogP contribution in [0.5, 0.6) is 0 Å². The molecule has 1 heterocycles. The second-order valence-electron chi connectivity index (χ2n) is 4.97. The van der Waals surface area contributed by atoms with Gasteiger partial charge in [-0.15, -0.1) is 10.2 Å². The number of rotatable bonds is 5. The normalized spacial score (nSPS) is 10.5. The minimum absolute atomic E-state index is 0.0851. The van der Waals surface area contributed by atoms with Crippen LogP contribution >= 0.6 is 0 Å². The quantitative estimate of drug-likeness (QED) is 0.786. The molecule has 0 saturated carbocycles. The summed E-state index contributed by atoms with van der Waals surface area (Å²) in [6.45, 7) is 0.384. The van der Waals surface area contributed by atoms with Gasteiger partial charge in [-0.05, 0) is 23.3 Å². The van der Waals surface area contributed by atoms with Gasteiger partial charge in [-0.1, -0.05) is 42.5 Å². The predicted molar refractivity (Wildman–Crippen MR) is 81.1 cm³/mol. The molecular formula is C17H14FN3O2. The SMILES string of the molecule is O=C(NCc1ccccc1)c1nnc(Cc2ccc(F)cc2)o1. The molecule has 3 rings (SSSR count). The van der Waals surface area contributed by atoms with Crippen LogP contribution in [0.1, 0.15) is 27.7 Å². The lowest BCUT2D eigenvalue weighted by Crippen LogP contribution is -2.23. The number of amides is 1. The number of aromatic nitrogens is 2. The third-order valence-electron chi connectivity index (χ3n) is 3.23. The average molecular weight is 311 g/mol. The molecule has 1 amide bonds. The molecular weight excluding hydrogens is 297 g/mol. The molecule has 1 N–H and O–H groups in total. The summed E-state index contributed by atoms with van der Waals surface area (Å²) in [6, 6.07) is 15.5. The average Bonchev–Trinajstić information content (AvgIpc) is 3.04. The third-order valence-corrected chi connectivity index (χ3v) is 3.23. The standard InChI is InChI=1S/C17H14FN3O2/c18-14-8-6-12(7-9-14)10-15-20-21-17(23-15)16(22)19-11-13-4-2-1-3-5-13/h1-9H,10-11H2,(H,19,22). The van der Waals surface area contributed by atoms with E-state index < -0.39 is 5.91 Å². The van der Waals surface area contributed by atoms with Crippen LogP contribution in [-0.2, 0) is 13.0 Å². The van der Waals surface area contributed by atoms with Gasteiger partial charge >= 0.3 is 11.8 Å². The molecule has 0 aliphatic carbocycles. The molecule has 0 saturated heterocycles. The van der Waals surface area contributed by atoms with Crippen LogP contribution in [0.3, 0.4) is 0 Å². The molecule has 0 aliphatic rings. The number of halogens is 1. The summed E-state index contributed by atoms with van der Waals surface area (Å²) in [7, 11) is 0. The summed E-state index contributed by atoms with van der Waals surface area (Å²) in [5.41, 5.74) is 1.80. The lowest BCUT2D eigenvalue weighted by atomic mass is 10.1. The van der Waals surface area contributed by atoms with Gasteiger partial charge in [0.05, 0.1) is 6.42 Å². The maximum absolute atomic E-state index is 12.9. The van der Waals surface area contributed by atoms with E-state index in [9.17, 15) is 9.18 Å². The fraction of sp³-hybridized carbons (Fsp3) is 0.118. The van der Waals surface area contributed by atoms with Crippen LogP contribution in [-0.4, -0.2) is 16.1 Å². The smallest absolute Gasteiger partial charge is 0.309 e. The number of hydrogen-bond acceptors (Lipinski definition) is 4. The maximum Gasteiger partial charge on any atom is 0.309 e. The first-order chi connectivity index (χ1) is 11.2. The molecule has 0 fully saturated rings. The fourth-order valence-corrected chi connectivity index (χ4v) is 2.05. The van der Waals surface area contributed by atoms with Gasteiger partial charge < -0.3 is 9.73 Å². The third kappa shape index (κ3) is 4.00. The van der Waals surface area contributed by atoms with Crippen molar-refractivity contribution in [1.82, 2.24) is 15.5 Å². The molecule has 0 spiro atoms. The number of hydrogen-bond donors (Lipinski definition) is 1. The molecule has 5 nitrogen and oxygen atoms in total. The van der Waals surface area contributed by atoms with Crippen molar-refractivity contribution >= 4 is 5.91 Å². The summed E-state index contributed by atoms with van der Waals surface area (Å²) < 4.78 is 18.2. The highest BCUT2D eigenvalue weighted by Gasteiger charge is 2.14. The molecule has 0 aliphatic heterocycles. The van der Waals surface area contributed by atoms with Gasteiger partial charge in [0.2, 0.25) is 5.89 Å². The van der Waals surface area contributed by atoms with E-state index in [2.05, 4.69) is 15.5 Å². The Labute approximate surface area is 132 Å². The van der Waals surface area contributed by atoms with Crippen molar-refractivity contribution in [3.05, 3.63) is 83.3 Å². The molecule has 0 atom stereocenters. The number of carbonyl (C=O) groups is 1. The number of carbonyl (C=O) groups excluding carboxylic acids is 1. The molecule has 116 valence electrons. The van der Waals surface area contributed by atoms with Crippen molar-refractivity contribution in [1.29, 1.82) is 0 Å². The van der Waals surface area contributed by atoms with Crippen molar-refractivity contribution in [2.24, 2.45) is 0 Å². The van der Waals surface area contributed by atoms with Crippen LogP contribution in [0.2, 0.25) is 0 Å². The van der Waals surface area contributed by atoms with Gasteiger partial charge in [-0.2, -0.15) is 0 Å². The molecule has 0 radical (unpaired) electrons. The van der Waals surface area contributed by atoms with E-state index in [-0.39, 0.29) is 11.7 Å². The van der Waals surface area contributed by atoms with E-state index in [1.165, 1.54) is 12.1 Å². The minimum Gasteiger partial charge on any atom is -0.417 e. The fourth-order valence-electron chi connectivity index (χ4n) is 2.05. The molecule has 3 aromatic rings. The topological polar surface area (TPSA) is 68.0 Å². The summed E-state index contributed by atoms with van der Waals surface area (Å²) in [6.07, 6.45) is 0.346. The van der Waals surface area contributed by atoms with E-state index in [1.54, 1.807) is 12.1 Å². The van der Waals surface area contributed by atoms with Gasteiger partial charge in [-0.25, -0.2) is 4.39 Å². The van der Waals surface area contributed by atoms with Crippen molar-refractivity contribution in [3.8, 4) is 0 Å². The maximum atomic E-state index is 12.9. The van der Waals surface area contributed by atoms with Crippen molar-refractivity contribution in [3.63, 3.8) is 0 Å². The summed E-state index contributed by atoms with van der Waals surface area (Å²) in [5.74, 6) is -0.508. The molecule has 2 aromatic carbocycles. The largest absolute Gasteiger partial charge is 0.417 e. The Morgan fingerprint density at radius 1 is 1.00 bits per heavy atom. The lowest BCUT2D eigenvalue weighted by molar-refractivity contribution is 0.0914. The van der Waals surface area contributed by atoms with Gasteiger partial charge in [0, 0.05) is 6.54 Å². The first-order valence-corrected chi connectivity index (χ1v) is 7.09. The van der Waals surface area contributed by atoms with Crippen LogP contribution in [0.15, 0.2) is 59.0 Å². The first kappa shape index (κ1) is 14.9.